The quantitative estimate of drug-likeness (QED) is 0.745. The van der Waals surface area contributed by atoms with Crippen molar-refractivity contribution in [2.24, 2.45) is 0 Å². The molecule has 1 aliphatic rings. The highest BCUT2D eigenvalue weighted by Gasteiger charge is 2.26. The van der Waals surface area contributed by atoms with Gasteiger partial charge in [-0.1, -0.05) is 24.3 Å². The molecule has 0 unspecified atom stereocenters. The van der Waals surface area contributed by atoms with Crippen molar-refractivity contribution in [2.45, 2.75) is 17.6 Å². The number of benzene rings is 2. The van der Waals surface area contributed by atoms with E-state index in [1.54, 1.807) is 23.9 Å². The normalized spacial score (nSPS) is 15.3. The second kappa shape index (κ2) is 9.56. The van der Waals surface area contributed by atoms with Crippen molar-refractivity contribution in [3.63, 3.8) is 0 Å². The molecule has 0 aliphatic carbocycles. The van der Waals surface area contributed by atoms with E-state index in [0.29, 0.717) is 37.7 Å². The SMILES string of the molecule is Cc1ccccc1CSCC(=O)Nc1ccc(S(=O)(=O)N2CCOCC2)cc1. The van der Waals surface area contributed by atoms with Gasteiger partial charge in [-0.3, -0.25) is 4.79 Å². The Kier molecular flexibility index (Phi) is 7.12. The van der Waals surface area contributed by atoms with Crippen LogP contribution in [0, 0.1) is 6.92 Å². The van der Waals surface area contributed by atoms with Crippen molar-refractivity contribution in [1.29, 1.82) is 0 Å². The number of hydrogen-bond acceptors (Lipinski definition) is 5. The highest BCUT2D eigenvalue weighted by Crippen LogP contribution is 2.20. The summed E-state index contributed by atoms with van der Waals surface area (Å²) in [4.78, 5) is 12.4. The van der Waals surface area contributed by atoms with Crippen LogP contribution in [0.4, 0.5) is 5.69 Å². The first-order valence-electron chi connectivity index (χ1n) is 9.07. The van der Waals surface area contributed by atoms with E-state index in [9.17, 15) is 13.2 Å². The van der Waals surface area contributed by atoms with Crippen molar-refractivity contribution in [2.75, 3.05) is 37.4 Å². The molecule has 3 rings (SSSR count). The van der Waals surface area contributed by atoms with Gasteiger partial charge in [-0.25, -0.2) is 8.42 Å². The minimum Gasteiger partial charge on any atom is -0.379 e. The molecule has 0 radical (unpaired) electrons. The molecule has 1 saturated heterocycles. The summed E-state index contributed by atoms with van der Waals surface area (Å²) in [5.74, 6) is 1.00. The van der Waals surface area contributed by atoms with E-state index in [1.165, 1.54) is 27.6 Å². The number of carbonyl (C=O) groups excluding carboxylic acids is 1. The third-order valence-electron chi connectivity index (χ3n) is 4.50. The van der Waals surface area contributed by atoms with Crippen LogP contribution in [0.25, 0.3) is 0 Å². The minimum absolute atomic E-state index is 0.109. The molecule has 0 spiro atoms. The van der Waals surface area contributed by atoms with Crippen molar-refractivity contribution >= 4 is 33.4 Å². The minimum atomic E-state index is -3.52. The van der Waals surface area contributed by atoms with Crippen LogP contribution in [0.2, 0.25) is 0 Å². The largest absolute Gasteiger partial charge is 0.379 e. The Morgan fingerprint density at radius 3 is 2.46 bits per heavy atom. The average Bonchev–Trinajstić information content (AvgIpc) is 2.70. The van der Waals surface area contributed by atoms with Gasteiger partial charge in [0, 0.05) is 24.5 Å². The zero-order valence-corrected chi connectivity index (χ0v) is 17.4. The first-order chi connectivity index (χ1) is 13.5. The Morgan fingerprint density at radius 2 is 1.79 bits per heavy atom. The van der Waals surface area contributed by atoms with Gasteiger partial charge < -0.3 is 10.1 Å². The molecule has 1 amide bonds. The lowest BCUT2D eigenvalue weighted by Crippen LogP contribution is -2.40. The Hall–Kier alpha value is -1.87. The van der Waals surface area contributed by atoms with Gasteiger partial charge >= 0.3 is 0 Å². The molecule has 2 aromatic rings. The van der Waals surface area contributed by atoms with Gasteiger partial charge in [0.25, 0.3) is 0 Å². The van der Waals surface area contributed by atoms with Crippen LogP contribution in [0.1, 0.15) is 11.1 Å². The summed E-state index contributed by atoms with van der Waals surface area (Å²) in [5.41, 5.74) is 3.02. The number of nitrogens with one attached hydrogen (secondary N) is 1. The standard InChI is InChI=1S/C20H24N2O4S2/c1-16-4-2-3-5-17(16)14-27-15-20(23)21-18-6-8-19(9-7-18)28(24,25)22-10-12-26-13-11-22/h2-9H,10-15H2,1H3,(H,21,23). The molecule has 1 aliphatic heterocycles. The molecule has 0 atom stereocenters. The number of rotatable bonds is 7. The average molecular weight is 421 g/mol. The molecule has 1 N–H and O–H groups in total. The van der Waals surface area contributed by atoms with E-state index in [4.69, 9.17) is 4.74 Å². The highest BCUT2D eigenvalue weighted by molar-refractivity contribution is 7.99. The van der Waals surface area contributed by atoms with Crippen LogP contribution < -0.4 is 5.32 Å². The van der Waals surface area contributed by atoms with Crippen molar-refractivity contribution in [3.8, 4) is 0 Å². The smallest absolute Gasteiger partial charge is 0.243 e. The van der Waals surface area contributed by atoms with Gasteiger partial charge in [-0.2, -0.15) is 4.31 Å². The first kappa shape index (κ1) is 20.9. The zero-order chi connectivity index (χ0) is 20.0. The second-order valence-electron chi connectivity index (χ2n) is 6.51. The number of amides is 1. The van der Waals surface area contributed by atoms with Crippen LogP contribution in [-0.2, 0) is 25.3 Å². The maximum absolute atomic E-state index is 12.6. The van der Waals surface area contributed by atoms with Crippen LogP contribution in [-0.4, -0.2) is 50.7 Å². The maximum Gasteiger partial charge on any atom is 0.243 e. The lowest BCUT2D eigenvalue weighted by Gasteiger charge is -2.26. The van der Waals surface area contributed by atoms with E-state index >= 15 is 0 Å². The highest BCUT2D eigenvalue weighted by atomic mass is 32.2. The summed E-state index contributed by atoms with van der Waals surface area (Å²) in [6.45, 7) is 3.60. The summed E-state index contributed by atoms with van der Waals surface area (Å²) < 4.78 is 31.8. The Balaban J connectivity index is 1.52. The zero-order valence-electron chi connectivity index (χ0n) is 15.8. The topological polar surface area (TPSA) is 75.7 Å². The van der Waals surface area contributed by atoms with Crippen molar-refractivity contribution in [3.05, 3.63) is 59.7 Å². The number of anilines is 1. The van der Waals surface area contributed by atoms with Crippen LogP contribution in [0.15, 0.2) is 53.4 Å². The molecular formula is C20H24N2O4S2. The Labute approximate surface area is 170 Å². The summed E-state index contributed by atoms with van der Waals surface area (Å²) in [5, 5.41) is 2.81. The third-order valence-corrected chi connectivity index (χ3v) is 7.39. The van der Waals surface area contributed by atoms with Gasteiger partial charge in [0.15, 0.2) is 0 Å². The van der Waals surface area contributed by atoms with Gasteiger partial charge in [-0.15, -0.1) is 11.8 Å². The van der Waals surface area contributed by atoms with Crippen molar-refractivity contribution in [1.82, 2.24) is 4.31 Å². The number of morpholine rings is 1. The summed E-state index contributed by atoms with van der Waals surface area (Å²) in [6, 6.07) is 14.4. The van der Waals surface area contributed by atoms with Crippen LogP contribution >= 0.6 is 11.8 Å². The van der Waals surface area contributed by atoms with E-state index in [-0.39, 0.29) is 10.8 Å². The van der Waals surface area contributed by atoms with Gasteiger partial charge in [0.05, 0.1) is 23.9 Å². The lowest BCUT2D eigenvalue weighted by molar-refractivity contribution is -0.113. The van der Waals surface area contributed by atoms with Gasteiger partial charge in [-0.05, 0) is 42.3 Å². The number of aryl methyl sites for hydroxylation is 1. The fourth-order valence-electron chi connectivity index (χ4n) is 2.87. The summed E-state index contributed by atoms with van der Waals surface area (Å²) in [7, 11) is -3.52. The molecule has 6 nitrogen and oxygen atoms in total. The number of thioether (sulfide) groups is 1. The maximum atomic E-state index is 12.6. The second-order valence-corrected chi connectivity index (χ2v) is 9.43. The van der Waals surface area contributed by atoms with E-state index in [1.807, 2.05) is 12.1 Å². The van der Waals surface area contributed by atoms with Crippen LogP contribution in [0.5, 0.6) is 0 Å². The monoisotopic (exact) mass is 420 g/mol. The fraction of sp³-hybridized carbons (Fsp3) is 0.350. The number of ether oxygens (including phenoxy) is 1. The molecule has 0 saturated carbocycles. The summed E-state index contributed by atoms with van der Waals surface area (Å²) in [6.07, 6.45) is 0. The molecule has 150 valence electrons. The predicted molar refractivity (Wildman–Crippen MR) is 112 cm³/mol. The molecule has 28 heavy (non-hydrogen) atoms. The Bertz CT molecular complexity index is 908. The number of carbonyl (C=O) groups is 1. The molecular weight excluding hydrogens is 396 g/mol. The van der Waals surface area contributed by atoms with E-state index in [2.05, 4.69) is 24.4 Å². The number of sulfonamides is 1. The van der Waals surface area contributed by atoms with Gasteiger partial charge in [0.1, 0.15) is 0 Å². The number of nitrogens with zero attached hydrogens (tertiary/aromatic N) is 1. The lowest BCUT2D eigenvalue weighted by atomic mass is 10.1. The van der Waals surface area contributed by atoms with Crippen molar-refractivity contribution < 1.29 is 17.9 Å². The Morgan fingerprint density at radius 1 is 1.11 bits per heavy atom. The molecule has 1 fully saturated rings. The molecule has 1 heterocycles. The van der Waals surface area contributed by atoms with E-state index in [0.717, 1.165) is 5.75 Å². The van der Waals surface area contributed by atoms with Crippen LogP contribution in [0.3, 0.4) is 0 Å². The predicted octanol–water partition coefficient (Wildman–Crippen LogP) is 2.89. The fourth-order valence-corrected chi connectivity index (χ4v) is 5.18. The molecule has 0 aromatic heterocycles. The molecule has 2 aromatic carbocycles. The molecule has 8 heteroatoms. The molecule has 0 bridgehead atoms. The summed E-state index contributed by atoms with van der Waals surface area (Å²) >= 11 is 1.55. The first-order valence-corrected chi connectivity index (χ1v) is 11.7. The van der Waals surface area contributed by atoms with E-state index < -0.39 is 10.0 Å². The third kappa shape index (κ3) is 5.35. The van der Waals surface area contributed by atoms with Gasteiger partial charge in [0.2, 0.25) is 15.9 Å². The number of hydrogen-bond donors (Lipinski definition) is 1.